The molecule has 1 aliphatic rings. The van der Waals surface area contributed by atoms with E-state index in [9.17, 15) is 19.2 Å². The first-order valence-corrected chi connectivity index (χ1v) is 8.17. The zero-order valence-electron chi connectivity index (χ0n) is 15.2. The molecule has 0 bridgehead atoms. The second kappa shape index (κ2) is 9.02. The molecular formula is C18H21NO8. The first-order chi connectivity index (χ1) is 12.9. The largest absolute Gasteiger partial charge is 0.469 e. The molecule has 1 aromatic rings. The standard InChI is InChI=1S/C18H21NO8/c1-24-14(20)9-12(15(16(21)25-2)17(22)26-3)19-13(10-27-18(19)23)11-7-5-4-6-8-11/h4-8,12-13,15H,9-10H2,1-3H3/t12-,13-/m0/s1. The van der Waals surface area contributed by atoms with Crippen LogP contribution >= 0.6 is 0 Å². The first-order valence-electron chi connectivity index (χ1n) is 8.17. The maximum atomic E-state index is 12.4. The van der Waals surface area contributed by atoms with E-state index in [1.165, 1.54) is 12.0 Å². The number of esters is 3. The number of ether oxygens (including phenoxy) is 4. The fourth-order valence-corrected chi connectivity index (χ4v) is 3.03. The van der Waals surface area contributed by atoms with E-state index in [-0.39, 0.29) is 6.61 Å². The highest BCUT2D eigenvalue weighted by atomic mass is 16.6. The van der Waals surface area contributed by atoms with E-state index in [0.717, 1.165) is 19.8 Å². The molecule has 1 aromatic carbocycles. The third-order valence-electron chi connectivity index (χ3n) is 4.35. The van der Waals surface area contributed by atoms with Crippen molar-refractivity contribution in [2.75, 3.05) is 27.9 Å². The molecular weight excluding hydrogens is 358 g/mol. The van der Waals surface area contributed by atoms with Gasteiger partial charge in [-0.15, -0.1) is 0 Å². The summed E-state index contributed by atoms with van der Waals surface area (Å²) in [6.07, 6.45) is -1.17. The van der Waals surface area contributed by atoms with Gasteiger partial charge in [0.15, 0.2) is 5.92 Å². The van der Waals surface area contributed by atoms with Gasteiger partial charge in [-0.3, -0.25) is 19.3 Å². The van der Waals surface area contributed by atoms with Crippen LogP contribution in [0.5, 0.6) is 0 Å². The summed E-state index contributed by atoms with van der Waals surface area (Å²) in [5, 5.41) is 0. The number of benzene rings is 1. The van der Waals surface area contributed by atoms with Gasteiger partial charge in [0.05, 0.1) is 39.8 Å². The lowest BCUT2D eigenvalue weighted by Crippen LogP contribution is -2.50. The van der Waals surface area contributed by atoms with Crippen LogP contribution in [0.25, 0.3) is 0 Å². The zero-order valence-corrected chi connectivity index (χ0v) is 15.2. The summed E-state index contributed by atoms with van der Waals surface area (Å²) in [4.78, 5) is 50.1. The van der Waals surface area contributed by atoms with Gasteiger partial charge in [-0.05, 0) is 5.56 Å². The van der Waals surface area contributed by atoms with Gasteiger partial charge in [-0.2, -0.15) is 0 Å². The predicted molar refractivity (Wildman–Crippen MR) is 90.3 cm³/mol. The number of carbonyl (C=O) groups excluding carboxylic acids is 4. The number of rotatable bonds is 7. The Bertz CT molecular complexity index is 689. The van der Waals surface area contributed by atoms with Crippen molar-refractivity contribution in [1.82, 2.24) is 4.90 Å². The van der Waals surface area contributed by atoms with E-state index in [0.29, 0.717) is 0 Å². The van der Waals surface area contributed by atoms with E-state index in [1.54, 1.807) is 24.3 Å². The Hall–Kier alpha value is -3.10. The van der Waals surface area contributed by atoms with Crippen molar-refractivity contribution in [2.24, 2.45) is 5.92 Å². The molecule has 146 valence electrons. The fourth-order valence-electron chi connectivity index (χ4n) is 3.03. The highest BCUT2D eigenvalue weighted by Gasteiger charge is 2.49. The number of hydrogen-bond acceptors (Lipinski definition) is 8. The van der Waals surface area contributed by atoms with E-state index in [1.807, 2.05) is 6.07 Å². The molecule has 2 rings (SSSR count). The molecule has 1 amide bonds. The lowest BCUT2D eigenvalue weighted by atomic mass is 9.93. The topological polar surface area (TPSA) is 108 Å². The summed E-state index contributed by atoms with van der Waals surface area (Å²) in [5.74, 6) is -4.09. The molecule has 1 aliphatic heterocycles. The van der Waals surface area contributed by atoms with Crippen LogP contribution in [0.3, 0.4) is 0 Å². The molecule has 27 heavy (non-hydrogen) atoms. The van der Waals surface area contributed by atoms with Crippen LogP contribution in [0.4, 0.5) is 4.79 Å². The number of carbonyl (C=O) groups is 4. The molecule has 0 saturated carbocycles. The van der Waals surface area contributed by atoms with Crippen LogP contribution in [0.1, 0.15) is 18.0 Å². The lowest BCUT2D eigenvalue weighted by molar-refractivity contribution is -0.162. The molecule has 9 nitrogen and oxygen atoms in total. The van der Waals surface area contributed by atoms with Gasteiger partial charge in [0, 0.05) is 0 Å². The second-order valence-electron chi connectivity index (χ2n) is 5.78. The first kappa shape index (κ1) is 20.2. The monoisotopic (exact) mass is 379 g/mol. The van der Waals surface area contributed by atoms with Gasteiger partial charge >= 0.3 is 24.0 Å². The van der Waals surface area contributed by atoms with Gasteiger partial charge < -0.3 is 18.9 Å². The number of hydrogen-bond donors (Lipinski definition) is 0. The van der Waals surface area contributed by atoms with Crippen LogP contribution in [-0.2, 0) is 33.3 Å². The third kappa shape index (κ3) is 4.36. The van der Waals surface area contributed by atoms with Crippen LogP contribution < -0.4 is 0 Å². The highest BCUT2D eigenvalue weighted by Crippen LogP contribution is 2.34. The maximum absolute atomic E-state index is 12.4. The Labute approximate surface area is 156 Å². The highest BCUT2D eigenvalue weighted by molar-refractivity contribution is 5.97. The Morgan fingerprint density at radius 3 is 2.19 bits per heavy atom. The molecule has 0 aliphatic carbocycles. The fraction of sp³-hybridized carbons (Fsp3) is 0.444. The molecule has 0 N–H and O–H groups in total. The average molecular weight is 379 g/mol. The van der Waals surface area contributed by atoms with Crippen LogP contribution in [0.2, 0.25) is 0 Å². The number of methoxy groups -OCH3 is 3. The van der Waals surface area contributed by atoms with Crippen LogP contribution in [0, 0.1) is 5.92 Å². The Morgan fingerprint density at radius 2 is 1.67 bits per heavy atom. The summed E-state index contributed by atoms with van der Waals surface area (Å²) >= 11 is 0. The Morgan fingerprint density at radius 1 is 1.07 bits per heavy atom. The van der Waals surface area contributed by atoms with Gasteiger partial charge in [0.25, 0.3) is 0 Å². The summed E-state index contributed by atoms with van der Waals surface area (Å²) in [7, 11) is 3.37. The van der Waals surface area contributed by atoms with Gasteiger partial charge in [-0.1, -0.05) is 30.3 Å². The molecule has 1 heterocycles. The summed E-state index contributed by atoms with van der Waals surface area (Å²) < 4.78 is 19.2. The van der Waals surface area contributed by atoms with Crippen molar-refractivity contribution in [2.45, 2.75) is 18.5 Å². The lowest BCUT2D eigenvalue weighted by Gasteiger charge is -2.33. The van der Waals surface area contributed by atoms with Crippen molar-refractivity contribution >= 4 is 24.0 Å². The van der Waals surface area contributed by atoms with E-state index in [2.05, 4.69) is 4.74 Å². The smallest absolute Gasteiger partial charge is 0.410 e. The summed E-state index contributed by atoms with van der Waals surface area (Å²) in [5.41, 5.74) is 0.728. The van der Waals surface area contributed by atoms with Crippen molar-refractivity contribution in [1.29, 1.82) is 0 Å². The minimum Gasteiger partial charge on any atom is -0.469 e. The van der Waals surface area contributed by atoms with E-state index in [4.69, 9.17) is 14.2 Å². The number of cyclic esters (lactones) is 1. The summed E-state index contributed by atoms with van der Waals surface area (Å²) in [6.45, 7) is 0.00951. The molecule has 0 radical (unpaired) electrons. The third-order valence-corrected chi connectivity index (χ3v) is 4.35. The minimum atomic E-state index is -1.53. The normalized spacial score (nSPS) is 17.3. The van der Waals surface area contributed by atoms with Gasteiger partial charge in [-0.25, -0.2) is 4.79 Å². The molecule has 1 saturated heterocycles. The molecule has 0 spiro atoms. The molecule has 0 unspecified atom stereocenters. The van der Waals surface area contributed by atoms with E-state index < -0.39 is 48.4 Å². The number of amides is 1. The molecule has 2 atom stereocenters. The summed E-state index contributed by atoms with van der Waals surface area (Å²) in [6, 6.07) is 7.14. The minimum absolute atomic E-state index is 0.00951. The predicted octanol–water partition coefficient (Wildman–Crippen LogP) is 1.07. The van der Waals surface area contributed by atoms with E-state index >= 15 is 0 Å². The van der Waals surface area contributed by atoms with Crippen molar-refractivity contribution in [3.8, 4) is 0 Å². The SMILES string of the molecule is COC(=O)C[C@@H](C(C(=O)OC)C(=O)OC)N1C(=O)OC[C@H]1c1ccccc1. The van der Waals surface area contributed by atoms with Crippen LogP contribution in [0.15, 0.2) is 30.3 Å². The van der Waals surface area contributed by atoms with Gasteiger partial charge in [0.1, 0.15) is 6.61 Å². The second-order valence-corrected chi connectivity index (χ2v) is 5.78. The molecule has 0 aromatic heterocycles. The van der Waals surface area contributed by atoms with Crippen molar-refractivity contribution < 1.29 is 38.1 Å². The molecule has 1 fully saturated rings. The molecule has 9 heteroatoms. The Balaban J connectivity index is 2.49. The van der Waals surface area contributed by atoms with Crippen molar-refractivity contribution in [3.63, 3.8) is 0 Å². The Kier molecular flexibility index (Phi) is 6.75. The van der Waals surface area contributed by atoms with Crippen molar-refractivity contribution in [3.05, 3.63) is 35.9 Å². The quantitative estimate of drug-likeness (QED) is 0.393. The van der Waals surface area contributed by atoms with Gasteiger partial charge in [0.2, 0.25) is 0 Å². The average Bonchev–Trinajstić information content (AvgIpc) is 3.08. The number of nitrogens with zero attached hydrogens (tertiary/aromatic N) is 1. The van der Waals surface area contributed by atoms with Crippen LogP contribution in [-0.4, -0.2) is 62.9 Å². The maximum Gasteiger partial charge on any atom is 0.410 e. The zero-order chi connectivity index (χ0) is 20.0.